The molecule has 0 bridgehead atoms. The first-order chi connectivity index (χ1) is 34.5. The number of phenols is 2. The van der Waals surface area contributed by atoms with Gasteiger partial charge in [0.15, 0.2) is 31.7 Å². The third-order valence-corrected chi connectivity index (χ3v) is 16.4. The Labute approximate surface area is 431 Å². The van der Waals surface area contributed by atoms with Crippen LogP contribution in [-0.4, -0.2) is 67.7 Å². The van der Waals surface area contributed by atoms with Gasteiger partial charge < -0.3 is 35.6 Å². The highest BCUT2D eigenvalue weighted by atomic mass is 35.5. The van der Waals surface area contributed by atoms with Crippen molar-refractivity contribution in [3.05, 3.63) is 154 Å². The van der Waals surface area contributed by atoms with Gasteiger partial charge in [0, 0.05) is 17.7 Å². The number of aldehydes is 1. The second-order valence-corrected chi connectivity index (χ2v) is 22.1. The minimum Gasteiger partial charge on any atom is -0.507 e. The molecule has 3 unspecified atom stereocenters. The van der Waals surface area contributed by atoms with E-state index in [4.69, 9.17) is 21.1 Å². The van der Waals surface area contributed by atoms with Crippen molar-refractivity contribution in [2.45, 2.75) is 107 Å². The minimum absolute atomic E-state index is 0.0191. The minimum atomic E-state index is -3.98. The van der Waals surface area contributed by atoms with Crippen LogP contribution in [0.3, 0.4) is 0 Å². The Morgan fingerprint density at radius 2 is 1.16 bits per heavy atom. The van der Waals surface area contributed by atoms with Gasteiger partial charge in [-0.2, -0.15) is 0 Å². The van der Waals surface area contributed by atoms with Crippen LogP contribution in [0.15, 0.2) is 125 Å². The lowest BCUT2D eigenvalue weighted by molar-refractivity contribution is -0.116. The lowest BCUT2D eigenvalue weighted by Crippen LogP contribution is -2.35. The Balaban J connectivity index is 0.000000271. The maximum Gasteiger partial charge on any atom is 0.255 e. The Kier molecular flexibility index (Phi) is 19.4. The van der Waals surface area contributed by atoms with Crippen LogP contribution in [0.4, 0.5) is 17.1 Å². The van der Waals surface area contributed by atoms with Crippen molar-refractivity contribution >= 4 is 72.3 Å². The summed E-state index contributed by atoms with van der Waals surface area (Å²) in [6.45, 7) is 14.8. The average Bonchev–Trinajstić information content (AvgIpc) is 3.34. The molecule has 0 saturated carbocycles. The Bertz CT molecular complexity index is 3180. The summed E-state index contributed by atoms with van der Waals surface area (Å²) in [5, 5.41) is 25.7. The van der Waals surface area contributed by atoms with Gasteiger partial charge in [0.25, 0.3) is 5.91 Å². The number of aromatic hydroxyl groups is 2. The maximum atomic E-state index is 13.3. The van der Waals surface area contributed by atoms with Crippen molar-refractivity contribution in [1.82, 2.24) is 0 Å². The van der Waals surface area contributed by atoms with E-state index >= 15 is 0 Å². The van der Waals surface area contributed by atoms with Crippen LogP contribution in [0, 0.1) is 27.7 Å². The lowest BCUT2D eigenvalue weighted by atomic mass is 10.1. The van der Waals surface area contributed by atoms with Gasteiger partial charge in [0.2, 0.25) is 11.8 Å². The molecule has 0 saturated heterocycles. The molecule has 0 spiro atoms. The number of nitrogens with one attached hydrogen (secondary N) is 3. The number of phenolic OH excluding ortho intramolecular Hbond substituents is 2. The molecule has 6 aromatic rings. The van der Waals surface area contributed by atoms with Crippen LogP contribution in [0.25, 0.3) is 0 Å². The van der Waals surface area contributed by atoms with Gasteiger partial charge in [-0.3, -0.25) is 19.2 Å². The van der Waals surface area contributed by atoms with Crippen LogP contribution in [0.5, 0.6) is 28.7 Å². The fourth-order valence-corrected chi connectivity index (χ4v) is 10.8. The van der Waals surface area contributed by atoms with E-state index in [0.717, 1.165) is 34.7 Å². The molecule has 3 amide bonds. The molecule has 0 heterocycles. The monoisotopic (exact) mass is 1050 g/mol. The SMILES string of the molecule is CCC(C)Oc1ccc(Oc2cc(C=O)c(O)cc2NC(=O)C(CC)S(=O)(=O)c2ccc(C)cc2)cc1.CCCC(C(=O)Nc1cc(O)c(NC(=O)c2ccc(C)cc2)cc1Cl)S(=O)(=O)c1ccc(C)c(C)c1. The normalized spacial score (nSPS) is 12.5. The lowest BCUT2D eigenvalue weighted by Gasteiger charge is -2.19. The Morgan fingerprint density at radius 3 is 1.74 bits per heavy atom. The smallest absolute Gasteiger partial charge is 0.255 e. The van der Waals surface area contributed by atoms with E-state index < -0.39 is 47.9 Å². The number of carbonyl (C=O) groups excluding carboxylic acids is 4. The number of benzene rings is 6. The quantitative estimate of drug-likeness (QED) is 0.0377. The topological polar surface area (TPSA) is 232 Å². The number of anilines is 3. The van der Waals surface area contributed by atoms with Crippen molar-refractivity contribution < 1.29 is 55.7 Å². The molecule has 0 radical (unpaired) electrons. The molecule has 0 aliphatic carbocycles. The fourth-order valence-electron chi connectivity index (χ4n) is 7.16. The van der Waals surface area contributed by atoms with Gasteiger partial charge in [-0.15, -0.1) is 0 Å². The number of hydrogen-bond donors (Lipinski definition) is 5. The van der Waals surface area contributed by atoms with Gasteiger partial charge in [0.05, 0.1) is 43.5 Å². The van der Waals surface area contributed by atoms with E-state index in [9.17, 15) is 46.2 Å². The van der Waals surface area contributed by atoms with E-state index in [0.29, 0.717) is 29.8 Å². The molecule has 15 nitrogen and oxygen atoms in total. The molecule has 0 aliphatic heterocycles. The maximum absolute atomic E-state index is 13.3. The summed E-state index contributed by atoms with van der Waals surface area (Å²) in [5.74, 6) is -1.61. The van der Waals surface area contributed by atoms with Crippen molar-refractivity contribution in [2.75, 3.05) is 16.0 Å². The van der Waals surface area contributed by atoms with E-state index in [1.807, 2.05) is 41.5 Å². The van der Waals surface area contributed by atoms with Crippen LogP contribution < -0.4 is 25.4 Å². The predicted octanol–water partition coefficient (Wildman–Crippen LogP) is 11.5. The van der Waals surface area contributed by atoms with Crippen molar-refractivity contribution in [2.24, 2.45) is 0 Å². The van der Waals surface area contributed by atoms with Gasteiger partial charge in [-0.25, -0.2) is 16.8 Å². The van der Waals surface area contributed by atoms with Crippen LogP contribution >= 0.6 is 11.6 Å². The zero-order valence-electron chi connectivity index (χ0n) is 41.8. The third-order valence-electron chi connectivity index (χ3n) is 11.8. The number of amides is 3. The summed E-state index contributed by atoms with van der Waals surface area (Å²) >= 11 is 6.32. The summed E-state index contributed by atoms with van der Waals surface area (Å²) in [5.41, 5.74) is 4.09. The third kappa shape index (κ3) is 14.5. The first-order valence-corrected chi connectivity index (χ1v) is 26.9. The van der Waals surface area contributed by atoms with Gasteiger partial charge in [-0.05, 0) is 138 Å². The van der Waals surface area contributed by atoms with Gasteiger partial charge in [0.1, 0.15) is 33.5 Å². The van der Waals surface area contributed by atoms with Crippen LogP contribution in [0.2, 0.25) is 5.02 Å². The molecule has 6 rings (SSSR count). The molecular weight excluding hydrogens is 994 g/mol. The van der Waals surface area contributed by atoms with Crippen LogP contribution in [-0.2, 0) is 29.3 Å². The van der Waals surface area contributed by atoms with Crippen LogP contribution in [0.1, 0.15) is 96.3 Å². The molecular formula is C55H60ClN3O12S2. The van der Waals surface area contributed by atoms with Gasteiger partial charge in [-0.1, -0.05) is 80.3 Å². The summed E-state index contributed by atoms with van der Waals surface area (Å²) in [4.78, 5) is 50.3. The van der Waals surface area contributed by atoms with E-state index in [1.54, 1.807) is 86.6 Å². The van der Waals surface area contributed by atoms with E-state index in [1.165, 1.54) is 36.4 Å². The predicted molar refractivity (Wildman–Crippen MR) is 284 cm³/mol. The molecule has 73 heavy (non-hydrogen) atoms. The highest BCUT2D eigenvalue weighted by molar-refractivity contribution is 7.93. The summed E-state index contributed by atoms with van der Waals surface area (Å²) < 4.78 is 64.6. The van der Waals surface area contributed by atoms with Crippen molar-refractivity contribution in [1.29, 1.82) is 0 Å². The number of hydrogen-bond acceptors (Lipinski definition) is 12. The average molecular weight is 1050 g/mol. The first-order valence-electron chi connectivity index (χ1n) is 23.4. The molecule has 6 aromatic carbocycles. The standard InChI is InChI=1S/C28H31NO7S.C27H29ClN2O5S/c1-5-19(4)35-21-9-11-22(12-10-21)36-26-15-20(17-30)25(31)16-24(26)29-28(32)27(6-2)37(33,34)23-13-7-18(3)8-14-23;1-5-6-25(36(34,35)20-12-9-17(3)18(4)13-20)27(33)29-22-15-24(31)23(14-21(22)28)30-26(32)19-10-7-16(2)8-11-19/h7-17,19,27,31H,5-6H2,1-4H3,(H,29,32);7-15,25,31H,5-6H2,1-4H3,(H,29,33)(H,30,32). The first kappa shape index (κ1) is 56.7. The number of rotatable bonds is 19. The summed E-state index contributed by atoms with van der Waals surface area (Å²) in [6.07, 6.45) is 1.94. The molecule has 5 N–H and O–H groups in total. The molecule has 0 aliphatic rings. The molecule has 386 valence electrons. The fraction of sp³-hybridized carbons (Fsp3) is 0.273. The molecule has 0 fully saturated rings. The summed E-state index contributed by atoms with van der Waals surface area (Å²) in [7, 11) is -7.96. The second kappa shape index (κ2) is 25.0. The molecule has 0 aromatic heterocycles. The number of halogens is 1. The largest absolute Gasteiger partial charge is 0.507 e. The van der Waals surface area contributed by atoms with E-state index in [-0.39, 0.29) is 73.6 Å². The Morgan fingerprint density at radius 1 is 0.616 bits per heavy atom. The van der Waals surface area contributed by atoms with Crippen molar-refractivity contribution in [3.8, 4) is 28.7 Å². The zero-order valence-corrected chi connectivity index (χ0v) is 44.2. The number of sulfone groups is 2. The Hall–Kier alpha value is -7.21. The number of aryl methyl sites for hydroxylation is 4. The number of ether oxygens (including phenoxy) is 2. The zero-order chi connectivity index (χ0) is 53.8. The summed E-state index contributed by atoms with van der Waals surface area (Å²) in [6, 6.07) is 29.6. The van der Waals surface area contributed by atoms with Gasteiger partial charge >= 0.3 is 0 Å². The van der Waals surface area contributed by atoms with E-state index in [2.05, 4.69) is 16.0 Å². The number of carbonyl (C=O) groups is 4. The second-order valence-electron chi connectivity index (χ2n) is 17.4. The highest BCUT2D eigenvalue weighted by Crippen LogP contribution is 2.37. The molecule has 3 atom stereocenters. The van der Waals surface area contributed by atoms with Crippen molar-refractivity contribution in [3.63, 3.8) is 0 Å². The molecule has 18 heteroatoms. The highest BCUT2D eigenvalue weighted by Gasteiger charge is 2.35.